The molecule has 0 saturated carbocycles. The molecule has 2 rings (SSSR count). The Kier molecular flexibility index (Phi) is 3.48. The summed E-state index contributed by atoms with van der Waals surface area (Å²) in [7, 11) is 1.78. The topological polar surface area (TPSA) is 31.2 Å². The number of benzene rings is 1. The Morgan fingerprint density at radius 2 is 1.94 bits per heavy atom. The van der Waals surface area contributed by atoms with E-state index in [1.165, 1.54) is 0 Å². The molecule has 0 aliphatic heterocycles. The number of aromatic nitrogens is 1. The minimum Gasteiger partial charge on any atom is -0.491 e. The van der Waals surface area contributed by atoms with Crippen molar-refractivity contribution in [2.45, 2.75) is 26.9 Å². The lowest BCUT2D eigenvalue weighted by molar-refractivity contribution is 0.242. The second kappa shape index (κ2) is 4.76. The van der Waals surface area contributed by atoms with Crippen molar-refractivity contribution in [1.29, 1.82) is 0 Å². The zero-order valence-electron chi connectivity index (χ0n) is 11.0. The Morgan fingerprint density at radius 3 is 2.56 bits per heavy atom. The van der Waals surface area contributed by atoms with Gasteiger partial charge in [-0.25, -0.2) is 0 Å². The van der Waals surface area contributed by atoms with Crippen LogP contribution in [-0.2, 0) is 7.05 Å². The monoisotopic (exact) mass is 309 g/mol. The Hall–Kier alpha value is -1.29. The standard InChI is InChI=1S/C14H16BrNO2/c1-8(2)18-10-6-12(15)11-5-9(3)14(17)16(4)13(11)7-10/h5-8H,1-4H3. The summed E-state index contributed by atoms with van der Waals surface area (Å²) < 4.78 is 8.28. The molecular weight excluding hydrogens is 294 g/mol. The maximum absolute atomic E-state index is 11.9. The van der Waals surface area contributed by atoms with Crippen molar-refractivity contribution in [3.63, 3.8) is 0 Å². The third-order valence-electron chi connectivity index (χ3n) is 2.82. The first-order valence-electron chi connectivity index (χ1n) is 5.86. The summed E-state index contributed by atoms with van der Waals surface area (Å²) >= 11 is 3.54. The second-order valence-electron chi connectivity index (χ2n) is 4.70. The van der Waals surface area contributed by atoms with E-state index in [4.69, 9.17) is 4.74 Å². The van der Waals surface area contributed by atoms with Crippen LogP contribution in [0.15, 0.2) is 27.5 Å². The number of ether oxygens (including phenoxy) is 1. The smallest absolute Gasteiger partial charge is 0.253 e. The molecule has 0 radical (unpaired) electrons. The highest BCUT2D eigenvalue weighted by molar-refractivity contribution is 9.10. The zero-order chi connectivity index (χ0) is 13.4. The predicted molar refractivity (Wildman–Crippen MR) is 77.4 cm³/mol. The van der Waals surface area contributed by atoms with Gasteiger partial charge in [-0.15, -0.1) is 0 Å². The fourth-order valence-electron chi connectivity index (χ4n) is 1.99. The molecule has 0 spiro atoms. The molecule has 1 heterocycles. The minimum absolute atomic E-state index is 0.0242. The summed E-state index contributed by atoms with van der Waals surface area (Å²) in [6.07, 6.45) is 0.108. The normalized spacial score (nSPS) is 11.2. The predicted octanol–water partition coefficient (Wildman–Crippen LogP) is 3.40. The van der Waals surface area contributed by atoms with E-state index in [0.717, 1.165) is 26.7 Å². The molecule has 0 N–H and O–H groups in total. The van der Waals surface area contributed by atoms with E-state index in [1.807, 2.05) is 39.0 Å². The first kappa shape index (κ1) is 13.1. The maximum atomic E-state index is 11.9. The molecule has 0 aliphatic carbocycles. The first-order valence-corrected chi connectivity index (χ1v) is 6.66. The van der Waals surface area contributed by atoms with Gasteiger partial charge < -0.3 is 9.30 Å². The van der Waals surface area contributed by atoms with Gasteiger partial charge in [0.25, 0.3) is 5.56 Å². The van der Waals surface area contributed by atoms with Crippen LogP contribution in [0.1, 0.15) is 19.4 Å². The molecule has 0 unspecified atom stereocenters. The van der Waals surface area contributed by atoms with Gasteiger partial charge in [0, 0.05) is 28.5 Å². The van der Waals surface area contributed by atoms with Gasteiger partial charge in [0.2, 0.25) is 0 Å². The van der Waals surface area contributed by atoms with Crippen LogP contribution in [0.4, 0.5) is 0 Å². The number of fused-ring (bicyclic) bond motifs is 1. The van der Waals surface area contributed by atoms with E-state index >= 15 is 0 Å². The molecule has 1 aromatic heterocycles. The fraction of sp³-hybridized carbons (Fsp3) is 0.357. The molecule has 0 saturated heterocycles. The lowest BCUT2D eigenvalue weighted by Crippen LogP contribution is -2.19. The summed E-state index contributed by atoms with van der Waals surface area (Å²) in [4.78, 5) is 11.9. The number of nitrogens with zero attached hydrogens (tertiary/aromatic N) is 1. The highest BCUT2D eigenvalue weighted by Gasteiger charge is 2.09. The number of hydrogen-bond donors (Lipinski definition) is 0. The lowest BCUT2D eigenvalue weighted by atomic mass is 10.1. The van der Waals surface area contributed by atoms with Crippen LogP contribution < -0.4 is 10.3 Å². The summed E-state index contributed by atoms with van der Waals surface area (Å²) in [6.45, 7) is 5.78. The van der Waals surface area contributed by atoms with Crippen molar-refractivity contribution in [3.8, 4) is 5.75 Å². The van der Waals surface area contributed by atoms with E-state index in [2.05, 4.69) is 15.9 Å². The second-order valence-corrected chi connectivity index (χ2v) is 5.55. The molecule has 0 fully saturated rings. The van der Waals surface area contributed by atoms with Crippen molar-refractivity contribution in [2.75, 3.05) is 0 Å². The van der Waals surface area contributed by atoms with E-state index < -0.39 is 0 Å². The zero-order valence-corrected chi connectivity index (χ0v) is 12.5. The number of halogens is 1. The Morgan fingerprint density at radius 1 is 1.28 bits per heavy atom. The third kappa shape index (κ3) is 2.29. The van der Waals surface area contributed by atoms with Gasteiger partial charge in [-0.2, -0.15) is 0 Å². The summed E-state index contributed by atoms with van der Waals surface area (Å²) in [5, 5.41) is 1.02. The van der Waals surface area contributed by atoms with Gasteiger partial charge in [0.1, 0.15) is 5.75 Å². The quantitative estimate of drug-likeness (QED) is 0.851. The van der Waals surface area contributed by atoms with E-state index in [-0.39, 0.29) is 11.7 Å². The molecule has 4 heteroatoms. The molecule has 0 bridgehead atoms. The molecule has 1 aromatic carbocycles. The van der Waals surface area contributed by atoms with Gasteiger partial charge in [-0.3, -0.25) is 4.79 Å². The highest BCUT2D eigenvalue weighted by Crippen LogP contribution is 2.29. The van der Waals surface area contributed by atoms with E-state index in [0.29, 0.717) is 0 Å². The van der Waals surface area contributed by atoms with Crippen LogP contribution in [0.5, 0.6) is 5.75 Å². The van der Waals surface area contributed by atoms with Crippen LogP contribution in [0.2, 0.25) is 0 Å². The number of hydrogen-bond acceptors (Lipinski definition) is 2. The SMILES string of the molecule is Cc1cc2c(Br)cc(OC(C)C)cc2n(C)c1=O. The van der Waals surface area contributed by atoms with Gasteiger partial charge in [-0.1, -0.05) is 0 Å². The molecule has 96 valence electrons. The van der Waals surface area contributed by atoms with E-state index in [1.54, 1.807) is 11.6 Å². The van der Waals surface area contributed by atoms with Crippen molar-refractivity contribution in [1.82, 2.24) is 4.57 Å². The average Bonchev–Trinajstić information content (AvgIpc) is 2.27. The Labute approximate surface area is 115 Å². The summed E-state index contributed by atoms with van der Waals surface area (Å²) in [5.41, 5.74) is 1.63. The van der Waals surface area contributed by atoms with Gasteiger partial charge in [0.15, 0.2) is 0 Å². The van der Waals surface area contributed by atoms with Crippen LogP contribution in [0.25, 0.3) is 10.9 Å². The molecule has 18 heavy (non-hydrogen) atoms. The van der Waals surface area contributed by atoms with Crippen LogP contribution in [0, 0.1) is 6.92 Å². The fourth-order valence-corrected chi connectivity index (χ4v) is 2.54. The molecule has 2 aromatic rings. The summed E-state index contributed by atoms with van der Waals surface area (Å²) in [6, 6.07) is 5.74. The molecule has 0 atom stereocenters. The molecule has 0 aliphatic rings. The van der Waals surface area contributed by atoms with Crippen molar-refractivity contribution >= 4 is 26.8 Å². The number of pyridine rings is 1. The van der Waals surface area contributed by atoms with Crippen LogP contribution in [-0.4, -0.2) is 10.7 Å². The third-order valence-corrected chi connectivity index (χ3v) is 3.47. The minimum atomic E-state index is 0.0242. The van der Waals surface area contributed by atoms with Crippen molar-refractivity contribution in [3.05, 3.63) is 38.6 Å². The van der Waals surface area contributed by atoms with Gasteiger partial charge in [0.05, 0.1) is 11.6 Å². The Bertz CT molecular complexity index is 659. The number of aryl methyl sites for hydroxylation is 2. The molecular formula is C14H16BrNO2. The van der Waals surface area contributed by atoms with Gasteiger partial charge >= 0.3 is 0 Å². The largest absolute Gasteiger partial charge is 0.491 e. The number of rotatable bonds is 2. The van der Waals surface area contributed by atoms with Gasteiger partial charge in [-0.05, 0) is 48.8 Å². The summed E-state index contributed by atoms with van der Waals surface area (Å²) in [5.74, 6) is 0.767. The molecule has 3 nitrogen and oxygen atoms in total. The van der Waals surface area contributed by atoms with Crippen molar-refractivity contribution < 1.29 is 4.74 Å². The lowest BCUT2D eigenvalue weighted by Gasteiger charge is -2.13. The van der Waals surface area contributed by atoms with Crippen LogP contribution in [0.3, 0.4) is 0 Å². The first-order chi connectivity index (χ1) is 8.40. The molecule has 0 amide bonds. The van der Waals surface area contributed by atoms with E-state index in [9.17, 15) is 4.79 Å². The Balaban J connectivity index is 2.75. The van der Waals surface area contributed by atoms with Crippen LogP contribution >= 0.6 is 15.9 Å². The maximum Gasteiger partial charge on any atom is 0.253 e. The highest BCUT2D eigenvalue weighted by atomic mass is 79.9. The van der Waals surface area contributed by atoms with Crippen molar-refractivity contribution in [2.24, 2.45) is 7.05 Å². The average molecular weight is 310 g/mol.